The average molecular weight is 861 g/mol. The molecule has 14 heteroatoms. The number of aliphatic hydroxyl groups excluding tert-OH is 1. The lowest BCUT2D eigenvalue weighted by atomic mass is 9.95. The van der Waals surface area contributed by atoms with Gasteiger partial charge in [-0.2, -0.15) is 5.10 Å². The molecule has 4 rings (SSSR count). The zero-order valence-electron chi connectivity index (χ0n) is 24.5. The van der Waals surface area contributed by atoms with Gasteiger partial charge in [0.15, 0.2) is 17.7 Å². The van der Waals surface area contributed by atoms with E-state index in [9.17, 15) is 14.7 Å². The van der Waals surface area contributed by atoms with Crippen LogP contribution in [0.1, 0.15) is 36.6 Å². The fourth-order valence-electron chi connectivity index (χ4n) is 4.43. The van der Waals surface area contributed by atoms with Gasteiger partial charge in [0.2, 0.25) is 0 Å². The van der Waals surface area contributed by atoms with Crippen LogP contribution in [0.2, 0.25) is 5.02 Å². The number of ether oxygens (including phenoxy) is 4. The molecule has 238 valence electrons. The van der Waals surface area contributed by atoms with Gasteiger partial charge in [0, 0.05) is 19.9 Å². The summed E-state index contributed by atoms with van der Waals surface area (Å²) in [6.45, 7) is 3.95. The highest BCUT2D eigenvalue weighted by Crippen LogP contribution is 2.35. The fourth-order valence-corrected chi connectivity index (χ4v) is 6.68. The number of halogens is 3. The van der Waals surface area contributed by atoms with E-state index in [4.69, 9.17) is 30.5 Å². The maximum absolute atomic E-state index is 12.5. The predicted molar refractivity (Wildman–Crippen MR) is 187 cm³/mol. The van der Waals surface area contributed by atoms with Gasteiger partial charge in [0.1, 0.15) is 19.0 Å². The normalized spacial score (nSPS) is 15.3. The summed E-state index contributed by atoms with van der Waals surface area (Å²) in [5.41, 5.74) is 5.57. The van der Waals surface area contributed by atoms with Crippen molar-refractivity contribution in [2.75, 3.05) is 20.3 Å². The van der Waals surface area contributed by atoms with Gasteiger partial charge in [0.05, 0.1) is 35.1 Å². The van der Waals surface area contributed by atoms with Crippen molar-refractivity contribution in [3.05, 3.63) is 94.7 Å². The molecular formula is C31H31ClI2N4O7. The molecule has 3 aromatic carbocycles. The van der Waals surface area contributed by atoms with Gasteiger partial charge in [-0.15, -0.1) is 0 Å². The summed E-state index contributed by atoms with van der Waals surface area (Å²) in [7, 11) is 1.28. The summed E-state index contributed by atoms with van der Waals surface area (Å²) in [5.74, 6) is 0.807. The number of amides is 2. The topological polar surface area (TPSA) is 140 Å². The first kappa shape index (κ1) is 34.6. The number of methoxy groups -OCH3 is 1. The second-order valence-corrected chi connectivity index (χ2v) is 12.5. The number of esters is 1. The highest BCUT2D eigenvalue weighted by molar-refractivity contribution is 14.1. The van der Waals surface area contributed by atoms with E-state index in [1.165, 1.54) is 7.11 Å². The largest absolute Gasteiger partial charge is 0.490 e. The maximum atomic E-state index is 12.5. The molecular weight excluding hydrogens is 830 g/mol. The summed E-state index contributed by atoms with van der Waals surface area (Å²) in [6.07, 6.45) is 0.413. The van der Waals surface area contributed by atoms with Crippen molar-refractivity contribution in [2.24, 2.45) is 5.10 Å². The number of urea groups is 1. The van der Waals surface area contributed by atoms with Crippen LogP contribution >= 0.6 is 56.8 Å². The van der Waals surface area contributed by atoms with Gasteiger partial charge in [-0.3, -0.25) is 5.43 Å². The molecule has 0 spiro atoms. The van der Waals surface area contributed by atoms with Crippen molar-refractivity contribution < 1.29 is 33.6 Å². The first-order valence-electron chi connectivity index (χ1n) is 13.7. The second kappa shape index (κ2) is 16.3. The minimum Gasteiger partial charge on any atom is -0.490 e. The number of rotatable bonds is 13. The lowest BCUT2D eigenvalue weighted by Crippen LogP contribution is -2.45. The van der Waals surface area contributed by atoms with Crippen LogP contribution in [0.4, 0.5) is 4.79 Å². The third-order valence-electron chi connectivity index (χ3n) is 6.41. The molecule has 0 aliphatic carbocycles. The Labute approximate surface area is 293 Å². The molecule has 2 atom stereocenters. The molecule has 0 radical (unpaired) electrons. The molecule has 1 aliphatic rings. The van der Waals surface area contributed by atoms with Crippen LogP contribution in [-0.2, 0) is 16.1 Å². The minimum atomic E-state index is -1.16. The molecule has 45 heavy (non-hydrogen) atoms. The Kier molecular flexibility index (Phi) is 12.6. The summed E-state index contributed by atoms with van der Waals surface area (Å²) >= 11 is 10.5. The van der Waals surface area contributed by atoms with Gasteiger partial charge in [-0.25, -0.2) is 9.59 Å². The van der Waals surface area contributed by atoms with Crippen molar-refractivity contribution in [3.8, 4) is 17.2 Å². The van der Waals surface area contributed by atoms with Gasteiger partial charge in [0.25, 0.3) is 0 Å². The van der Waals surface area contributed by atoms with Crippen LogP contribution in [0, 0.1) is 7.14 Å². The standard InChI is InChI=1S/C31H31ClI2N4O7/c1-4-43-25-12-19(28-27(30(40)42-3)17(2)36-31(41)37-28)8-9-24(25)44-16-26(39)38-35-14-20-11-22(33)13-23(34)29(20)45-15-18-6-5-7-21(32)10-18/h5-14,26,28,38-39H,4,15-16H2,1-3H3,(H2,36,37,41)/b35-14+/t26-,28-/m0/s1. The Hall–Kier alpha value is -3.28. The van der Waals surface area contributed by atoms with Crippen molar-refractivity contribution in [3.63, 3.8) is 0 Å². The van der Waals surface area contributed by atoms with Gasteiger partial charge in [-0.1, -0.05) is 29.8 Å². The third kappa shape index (κ3) is 9.37. The lowest BCUT2D eigenvalue weighted by molar-refractivity contribution is -0.136. The highest BCUT2D eigenvalue weighted by atomic mass is 127. The second-order valence-electron chi connectivity index (χ2n) is 9.64. The van der Waals surface area contributed by atoms with E-state index in [1.54, 1.807) is 31.3 Å². The Morgan fingerprint density at radius 2 is 1.93 bits per heavy atom. The van der Waals surface area contributed by atoms with Gasteiger partial charge >= 0.3 is 12.0 Å². The van der Waals surface area contributed by atoms with E-state index in [1.807, 2.05) is 43.3 Å². The lowest BCUT2D eigenvalue weighted by Gasteiger charge is -2.28. The van der Waals surface area contributed by atoms with Gasteiger partial charge in [-0.05, 0) is 107 Å². The number of nitrogens with one attached hydrogen (secondary N) is 3. The summed E-state index contributed by atoms with van der Waals surface area (Å²) in [4.78, 5) is 24.6. The SMILES string of the molecule is CCOc1cc([C@@H]2NC(=O)NC(C)=C2C(=O)OC)ccc1OC[C@H](O)N/N=C/c1cc(I)cc(I)c1OCc1cccc(Cl)c1. The third-order valence-corrected chi connectivity index (χ3v) is 8.07. The molecule has 0 fully saturated rings. The summed E-state index contributed by atoms with van der Waals surface area (Å²) in [6, 6.07) is 15.2. The van der Waals surface area contributed by atoms with Crippen LogP contribution in [0.25, 0.3) is 0 Å². The maximum Gasteiger partial charge on any atom is 0.337 e. The Morgan fingerprint density at radius 1 is 1.13 bits per heavy atom. The van der Waals surface area contributed by atoms with E-state index in [0.29, 0.717) is 46.7 Å². The summed E-state index contributed by atoms with van der Waals surface area (Å²) < 4.78 is 24.6. The van der Waals surface area contributed by atoms with Crippen LogP contribution < -0.4 is 30.3 Å². The molecule has 0 saturated carbocycles. The number of aliphatic hydroxyl groups is 1. The van der Waals surface area contributed by atoms with Crippen molar-refractivity contribution in [2.45, 2.75) is 32.7 Å². The molecule has 4 N–H and O–H groups in total. The number of allylic oxidation sites excluding steroid dienone is 1. The molecule has 2 amide bonds. The number of hydrogen-bond donors (Lipinski definition) is 4. The van der Waals surface area contributed by atoms with Gasteiger partial charge < -0.3 is 34.7 Å². The molecule has 11 nitrogen and oxygen atoms in total. The van der Waals surface area contributed by atoms with E-state index in [0.717, 1.165) is 18.3 Å². The first-order valence-corrected chi connectivity index (χ1v) is 16.2. The number of carbonyl (C=O) groups is 2. The van der Waals surface area contributed by atoms with Crippen molar-refractivity contribution >= 4 is 75.0 Å². The Balaban J connectivity index is 1.43. The zero-order valence-corrected chi connectivity index (χ0v) is 29.6. The molecule has 1 heterocycles. The first-order chi connectivity index (χ1) is 21.6. The molecule has 0 saturated heterocycles. The van der Waals surface area contributed by atoms with Crippen LogP contribution in [0.15, 0.2) is 71.0 Å². The molecule has 0 unspecified atom stereocenters. The number of benzene rings is 3. The van der Waals surface area contributed by atoms with E-state index < -0.39 is 24.3 Å². The van der Waals surface area contributed by atoms with E-state index in [-0.39, 0.29) is 12.2 Å². The smallest absolute Gasteiger partial charge is 0.337 e. The Morgan fingerprint density at radius 3 is 2.67 bits per heavy atom. The van der Waals surface area contributed by atoms with E-state index in [2.05, 4.69) is 66.3 Å². The summed E-state index contributed by atoms with van der Waals surface area (Å²) in [5, 5.41) is 20.7. The average Bonchev–Trinajstić information content (AvgIpc) is 2.99. The number of nitrogens with zero attached hydrogens (tertiary/aromatic N) is 1. The van der Waals surface area contributed by atoms with E-state index >= 15 is 0 Å². The quantitative estimate of drug-likeness (QED) is 0.0570. The van der Waals surface area contributed by atoms with Crippen molar-refractivity contribution in [1.82, 2.24) is 16.1 Å². The minimum absolute atomic E-state index is 0.157. The fraction of sp³-hybridized carbons (Fsp3) is 0.258. The number of hydrazone groups is 1. The predicted octanol–water partition coefficient (Wildman–Crippen LogP) is 5.65. The van der Waals surface area contributed by atoms with Crippen LogP contribution in [0.5, 0.6) is 17.2 Å². The molecule has 0 bridgehead atoms. The van der Waals surface area contributed by atoms with Crippen molar-refractivity contribution in [1.29, 1.82) is 0 Å². The molecule has 1 aliphatic heterocycles. The monoisotopic (exact) mass is 860 g/mol. The van der Waals surface area contributed by atoms with Crippen LogP contribution in [-0.4, -0.2) is 49.9 Å². The number of carbonyl (C=O) groups excluding carboxylic acids is 2. The molecule has 3 aromatic rings. The Bertz CT molecular complexity index is 1620. The van der Waals surface area contributed by atoms with Crippen LogP contribution in [0.3, 0.4) is 0 Å². The molecule has 0 aromatic heterocycles. The zero-order chi connectivity index (χ0) is 32.5. The number of hydrogen-bond acceptors (Lipinski definition) is 9. The highest BCUT2D eigenvalue weighted by Gasteiger charge is 2.32.